The predicted molar refractivity (Wildman–Crippen MR) is 49.8 cm³/mol. The number of rotatable bonds is 4. The monoisotopic (exact) mass is 200 g/mol. The van der Waals surface area contributed by atoms with Gasteiger partial charge in [0.2, 0.25) is 0 Å². The first kappa shape index (κ1) is 11.0. The minimum Gasteiger partial charge on any atom is -0.481 e. The zero-order valence-electron chi connectivity index (χ0n) is 8.58. The molecule has 1 N–H and O–H groups in total. The molecule has 1 aliphatic heterocycles. The highest BCUT2D eigenvalue weighted by molar-refractivity contribution is 5.72. The Morgan fingerprint density at radius 1 is 1.71 bits per heavy atom. The lowest BCUT2D eigenvalue weighted by atomic mass is 9.82. The summed E-state index contributed by atoms with van der Waals surface area (Å²) in [6.07, 6.45) is 1.83. The molecule has 0 aromatic rings. The molecule has 0 radical (unpaired) electrons. The van der Waals surface area contributed by atoms with E-state index in [0.717, 1.165) is 6.42 Å². The van der Waals surface area contributed by atoms with Crippen molar-refractivity contribution in [3.63, 3.8) is 0 Å². The van der Waals surface area contributed by atoms with Gasteiger partial charge in [-0.25, -0.2) is 0 Å². The summed E-state index contributed by atoms with van der Waals surface area (Å²) in [6.45, 7) is 3.75. The molecule has 0 aromatic heterocycles. The summed E-state index contributed by atoms with van der Waals surface area (Å²) in [4.78, 5) is 21.6. The second-order valence-electron chi connectivity index (χ2n) is 3.99. The molecule has 0 spiro atoms. The van der Waals surface area contributed by atoms with E-state index in [1.807, 2.05) is 13.8 Å². The van der Waals surface area contributed by atoms with E-state index >= 15 is 0 Å². The molecule has 0 aromatic carbocycles. The molecule has 0 aliphatic carbocycles. The van der Waals surface area contributed by atoms with E-state index in [0.29, 0.717) is 12.8 Å². The average molecular weight is 200 g/mol. The lowest BCUT2D eigenvalue weighted by molar-refractivity contribution is -0.155. The van der Waals surface area contributed by atoms with Gasteiger partial charge in [0.05, 0.1) is 6.42 Å². The van der Waals surface area contributed by atoms with Crippen LogP contribution in [0.2, 0.25) is 0 Å². The summed E-state index contributed by atoms with van der Waals surface area (Å²) in [7, 11) is 0. The number of carboxylic acid groups (broad SMARTS) is 1. The first-order valence-corrected chi connectivity index (χ1v) is 4.91. The number of esters is 1. The van der Waals surface area contributed by atoms with Crippen LogP contribution in [0.25, 0.3) is 0 Å². The molecule has 0 saturated carbocycles. The molecular weight excluding hydrogens is 184 g/mol. The number of carbonyl (C=O) groups excluding carboxylic acids is 1. The maximum absolute atomic E-state index is 11.0. The highest BCUT2D eigenvalue weighted by atomic mass is 16.6. The molecule has 0 amide bonds. The van der Waals surface area contributed by atoms with Gasteiger partial charge in [0.25, 0.3) is 0 Å². The maximum atomic E-state index is 11.0. The van der Waals surface area contributed by atoms with Gasteiger partial charge in [-0.15, -0.1) is 0 Å². The van der Waals surface area contributed by atoms with Crippen LogP contribution >= 0.6 is 0 Å². The third-order valence-electron chi connectivity index (χ3n) is 2.95. The summed E-state index contributed by atoms with van der Waals surface area (Å²) in [5.74, 6) is -1.12. The third-order valence-corrected chi connectivity index (χ3v) is 2.95. The van der Waals surface area contributed by atoms with E-state index in [2.05, 4.69) is 0 Å². The normalized spacial score (nSPS) is 28.6. The van der Waals surface area contributed by atoms with Gasteiger partial charge in [-0.05, 0) is 19.8 Å². The summed E-state index contributed by atoms with van der Waals surface area (Å²) < 4.78 is 5.20. The molecule has 4 nitrogen and oxygen atoms in total. The molecule has 2 unspecified atom stereocenters. The van der Waals surface area contributed by atoms with Gasteiger partial charge in [-0.3, -0.25) is 9.59 Å². The minimum absolute atomic E-state index is 0.0697. The van der Waals surface area contributed by atoms with Crippen molar-refractivity contribution in [2.75, 3.05) is 0 Å². The minimum atomic E-state index is -0.832. The Bertz CT molecular complexity index is 249. The van der Waals surface area contributed by atoms with Crippen LogP contribution in [0.5, 0.6) is 0 Å². The van der Waals surface area contributed by atoms with Crippen molar-refractivity contribution in [3.05, 3.63) is 0 Å². The second-order valence-corrected chi connectivity index (χ2v) is 3.99. The number of aliphatic carboxylic acids is 1. The maximum Gasteiger partial charge on any atom is 0.306 e. The molecule has 14 heavy (non-hydrogen) atoms. The van der Waals surface area contributed by atoms with Gasteiger partial charge >= 0.3 is 11.9 Å². The lowest BCUT2D eigenvalue weighted by Gasteiger charge is -2.30. The molecule has 80 valence electrons. The molecule has 4 heteroatoms. The van der Waals surface area contributed by atoms with E-state index in [-0.39, 0.29) is 18.3 Å². The highest BCUT2D eigenvalue weighted by Crippen LogP contribution is 2.36. The number of hydrogen-bond acceptors (Lipinski definition) is 3. The van der Waals surface area contributed by atoms with Gasteiger partial charge in [-0.2, -0.15) is 0 Å². The summed E-state index contributed by atoms with van der Waals surface area (Å²) in [5.41, 5.74) is -0.565. The van der Waals surface area contributed by atoms with Crippen molar-refractivity contribution < 1.29 is 19.4 Å². The zero-order valence-corrected chi connectivity index (χ0v) is 8.58. The number of ether oxygens (including phenoxy) is 1. The Morgan fingerprint density at radius 2 is 2.36 bits per heavy atom. The molecular formula is C10H16O4. The summed E-state index contributed by atoms with van der Waals surface area (Å²) in [6, 6.07) is 0. The van der Waals surface area contributed by atoms with Gasteiger partial charge < -0.3 is 9.84 Å². The SMILES string of the molecule is CCC(CC(=O)O)C1(C)CCC(=O)O1. The average Bonchev–Trinajstić information content (AvgIpc) is 2.43. The molecule has 1 fully saturated rings. The van der Waals surface area contributed by atoms with Crippen molar-refractivity contribution in [3.8, 4) is 0 Å². The van der Waals surface area contributed by atoms with Gasteiger partial charge in [0.15, 0.2) is 0 Å². The van der Waals surface area contributed by atoms with Crippen molar-refractivity contribution in [1.82, 2.24) is 0 Å². The number of carboxylic acids is 1. The topological polar surface area (TPSA) is 63.6 Å². The fourth-order valence-electron chi connectivity index (χ4n) is 2.00. The van der Waals surface area contributed by atoms with E-state index in [9.17, 15) is 9.59 Å². The predicted octanol–water partition coefficient (Wildman–Crippen LogP) is 1.58. The fraction of sp³-hybridized carbons (Fsp3) is 0.800. The first-order valence-electron chi connectivity index (χ1n) is 4.91. The Balaban J connectivity index is 2.67. The van der Waals surface area contributed by atoms with E-state index < -0.39 is 11.6 Å². The molecule has 1 saturated heterocycles. The van der Waals surface area contributed by atoms with Crippen LogP contribution in [-0.4, -0.2) is 22.6 Å². The van der Waals surface area contributed by atoms with Gasteiger partial charge in [-0.1, -0.05) is 6.92 Å². The standard InChI is InChI=1S/C10H16O4/c1-3-7(6-8(11)12)10(2)5-4-9(13)14-10/h7H,3-6H2,1-2H3,(H,11,12). The van der Waals surface area contributed by atoms with Crippen molar-refractivity contribution >= 4 is 11.9 Å². The first-order chi connectivity index (χ1) is 6.48. The van der Waals surface area contributed by atoms with Crippen molar-refractivity contribution in [2.45, 2.75) is 45.1 Å². The fourth-order valence-corrected chi connectivity index (χ4v) is 2.00. The van der Waals surface area contributed by atoms with Crippen LogP contribution in [0, 0.1) is 5.92 Å². The molecule has 0 bridgehead atoms. The Kier molecular flexibility index (Phi) is 3.13. The smallest absolute Gasteiger partial charge is 0.306 e. The second kappa shape index (κ2) is 3.98. The van der Waals surface area contributed by atoms with Crippen LogP contribution < -0.4 is 0 Å². The van der Waals surface area contributed by atoms with Crippen LogP contribution in [0.4, 0.5) is 0 Å². The molecule has 1 heterocycles. The van der Waals surface area contributed by atoms with E-state index in [4.69, 9.17) is 9.84 Å². The molecule has 2 atom stereocenters. The van der Waals surface area contributed by atoms with Crippen molar-refractivity contribution in [1.29, 1.82) is 0 Å². The van der Waals surface area contributed by atoms with E-state index in [1.165, 1.54) is 0 Å². The Hall–Kier alpha value is -1.06. The third kappa shape index (κ3) is 2.25. The zero-order chi connectivity index (χ0) is 10.8. The van der Waals surface area contributed by atoms with Crippen molar-refractivity contribution in [2.24, 2.45) is 5.92 Å². The Labute approximate surface area is 83.2 Å². The quantitative estimate of drug-likeness (QED) is 0.700. The van der Waals surface area contributed by atoms with Gasteiger partial charge in [0.1, 0.15) is 5.60 Å². The number of hydrogen-bond donors (Lipinski definition) is 1. The van der Waals surface area contributed by atoms with Crippen LogP contribution in [0.1, 0.15) is 39.5 Å². The highest BCUT2D eigenvalue weighted by Gasteiger charge is 2.42. The number of cyclic esters (lactones) is 1. The lowest BCUT2D eigenvalue weighted by Crippen LogP contribution is -2.35. The van der Waals surface area contributed by atoms with Crippen LogP contribution in [0.15, 0.2) is 0 Å². The van der Waals surface area contributed by atoms with Gasteiger partial charge in [0, 0.05) is 12.3 Å². The van der Waals surface area contributed by atoms with Crippen LogP contribution in [-0.2, 0) is 14.3 Å². The number of carbonyl (C=O) groups is 2. The summed E-state index contributed by atoms with van der Waals surface area (Å²) in [5, 5.41) is 8.72. The van der Waals surface area contributed by atoms with E-state index in [1.54, 1.807) is 0 Å². The largest absolute Gasteiger partial charge is 0.481 e. The molecule has 1 aliphatic rings. The Morgan fingerprint density at radius 3 is 2.71 bits per heavy atom. The summed E-state index contributed by atoms with van der Waals surface area (Å²) >= 11 is 0. The molecule has 1 rings (SSSR count). The van der Waals surface area contributed by atoms with Crippen LogP contribution in [0.3, 0.4) is 0 Å².